The topological polar surface area (TPSA) is 130 Å². The smallest absolute Gasteiger partial charge is 0.329 e. The van der Waals surface area contributed by atoms with E-state index in [0.717, 1.165) is 5.56 Å². The molecule has 13 heteroatoms. The second kappa shape index (κ2) is 15.1. The molecular weight excluding hydrogens is 663 g/mol. The van der Waals surface area contributed by atoms with Crippen molar-refractivity contribution in [2.24, 2.45) is 5.10 Å². The number of nitrogens with zero attached hydrogens (tertiary/aromatic N) is 2. The Hall–Kier alpha value is -4.94. The molecule has 0 radical (unpaired) electrons. The van der Waals surface area contributed by atoms with Crippen LogP contribution in [0.2, 0.25) is 10.0 Å². The number of anilines is 1. The molecule has 0 unspecified atom stereocenters. The summed E-state index contributed by atoms with van der Waals surface area (Å²) < 4.78 is 40.0. The SMILES string of the molecule is Cc1ccc(S(=O)(=O)N(Cc2ccc(Cl)c(Cl)c2)Cc2ccc(/C=N/NC(=O)C(=O)Nc3ccc(Oc4ccccc4)cc3)o2)cc1. The maximum atomic E-state index is 13.7. The molecule has 0 fully saturated rings. The average Bonchev–Trinajstić information content (AvgIpc) is 3.51. The summed E-state index contributed by atoms with van der Waals surface area (Å²) in [5.41, 5.74) is 4.07. The number of sulfonamides is 1. The molecule has 10 nitrogen and oxygen atoms in total. The molecule has 5 rings (SSSR count). The monoisotopic (exact) mass is 690 g/mol. The maximum absolute atomic E-state index is 13.7. The molecule has 0 aliphatic heterocycles. The maximum Gasteiger partial charge on any atom is 0.329 e. The zero-order valence-corrected chi connectivity index (χ0v) is 27.2. The van der Waals surface area contributed by atoms with Crippen molar-refractivity contribution in [1.29, 1.82) is 0 Å². The van der Waals surface area contributed by atoms with E-state index in [2.05, 4.69) is 15.8 Å². The predicted octanol–water partition coefficient (Wildman–Crippen LogP) is 7.17. The Balaban J connectivity index is 1.20. The first-order valence-corrected chi connectivity index (χ1v) is 16.3. The van der Waals surface area contributed by atoms with Crippen molar-refractivity contribution in [2.45, 2.75) is 24.9 Å². The van der Waals surface area contributed by atoms with E-state index in [1.807, 2.05) is 37.3 Å². The van der Waals surface area contributed by atoms with Gasteiger partial charge in [0.25, 0.3) is 0 Å². The summed E-state index contributed by atoms with van der Waals surface area (Å²) in [6, 6.07) is 30.3. The van der Waals surface area contributed by atoms with Gasteiger partial charge in [-0.25, -0.2) is 13.8 Å². The Bertz CT molecular complexity index is 2000. The van der Waals surface area contributed by atoms with Crippen molar-refractivity contribution in [2.75, 3.05) is 5.32 Å². The summed E-state index contributed by atoms with van der Waals surface area (Å²) in [6.45, 7) is 1.74. The summed E-state index contributed by atoms with van der Waals surface area (Å²) >= 11 is 12.2. The first-order valence-electron chi connectivity index (χ1n) is 14.1. The summed E-state index contributed by atoms with van der Waals surface area (Å²) in [4.78, 5) is 24.8. The van der Waals surface area contributed by atoms with Gasteiger partial charge in [-0.05, 0) is 85.3 Å². The molecule has 240 valence electrons. The molecule has 1 aromatic heterocycles. The fourth-order valence-electron chi connectivity index (χ4n) is 4.27. The van der Waals surface area contributed by atoms with Crippen LogP contribution in [0.1, 0.15) is 22.6 Å². The van der Waals surface area contributed by atoms with Gasteiger partial charge in [0.15, 0.2) is 0 Å². The second-order valence-corrected chi connectivity index (χ2v) is 13.0. The zero-order valence-electron chi connectivity index (χ0n) is 24.9. The molecule has 0 spiro atoms. The third-order valence-corrected chi connectivity index (χ3v) is 9.22. The molecule has 1 heterocycles. The number of amides is 2. The third kappa shape index (κ3) is 9.08. The van der Waals surface area contributed by atoms with Crippen molar-refractivity contribution in [3.05, 3.63) is 142 Å². The van der Waals surface area contributed by atoms with Crippen LogP contribution in [0.4, 0.5) is 5.69 Å². The molecule has 0 atom stereocenters. The van der Waals surface area contributed by atoms with Crippen LogP contribution >= 0.6 is 23.2 Å². The summed E-state index contributed by atoms with van der Waals surface area (Å²) in [6.07, 6.45) is 1.20. The number of ether oxygens (including phenoxy) is 1. The molecule has 0 aliphatic carbocycles. The Morgan fingerprint density at radius 3 is 2.23 bits per heavy atom. The summed E-state index contributed by atoms with van der Waals surface area (Å²) in [5, 5.41) is 6.93. The molecule has 2 N–H and O–H groups in total. The number of furan rings is 1. The van der Waals surface area contributed by atoms with Crippen molar-refractivity contribution in [3.8, 4) is 11.5 Å². The fraction of sp³-hybridized carbons (Fsp3) is 0.0882. The second-order valence-electron chi connectivity index (χ2n) is 10.2. The van der Waals surface area contributed by atoms with Crippen molar-refractivity contribution in [1.82, 2.24) is 9.73 Å². The van der Waals surface area contributed by atoms with E-state index in [0.29, 0.717) is 38.6 Å². The molecule has 0 saturated heterocycles. The van der Waals surface area contributed by atoms with Crippen LogP contribution in [0.5, 0.6) is 11.5 Å². The van der Waals surface area contributed by atoms with E-state index in [-0.39, 0.29) is 23.7 Å². The Morgan fingerprint density at radius 1 is 0.830 bits per heavy atom. The minimum Gasteiger partial charge on any atom is -0.459 e. The van der Waals surface area contributed by atoms with Crippen LogP contribution in [-0.4, -0.2) is 30.8 Å². The summed E-state index contributed by atoms with van der Waals surface area (Å²) in [5.74, 6) is -0.180. The number of hydrazone groups is 1. The molecule has 4 aromatic carbocycles. The molecule has 47 heavy (non-hydrogen) atoms. The van der Waals surface area contributed by atoms with Gasteiger partial charge in [-0.1, -0.05) is 65.2 Å². The van der Waals surface area contributed by atoms with Crippen LogP contribution in [0.25, 0.3) is 0 Å². The van der Waals surface area contributed by atoms with Gasteiger partial charge < -0.3 is 14.5 Å². The number of hydrogen-bond acceptors (Lipinski definition) is 7. The Morgan fingerprint density at radius 2 is 1.53 bits per heavy atom. The lowest BCUT2D eigenvalue weighted by atomic mass is 10.2. The van der Waals surface area contributed by atoms with E-state index in [4.69, 9.17) is 32.4 Å². The van der Waals surface area contributed by atoms with Gasteiger partial charge in [0.2, 0.25) is 10.0 Å². The molecule has 2 amide bonds. The van der Waals surface area contributed by atoms with E-state index >= 15 is 0 Å². The first-order chi connectivity index (χ1) is 22.6. The van der Waals surface area contributed by atoms with E-state index in [1.54, 1.807) is 78.9 Å². The third-order valence-electron chi connectivity index (χ3n) is 6.67. The van der Waals surface area contributed by atoms with Crippen molar-refractivity contribution >= 4 is 56.9 Å². The number of para-hydroxylation sites is 1. The minimum atomic E-state index is -3.95. The summed E-state index contributed by atoms with van der Waals surface area (Å²) in [7, 11) is -3.95. The normalized spacial score (nSPS) is 11.5. The average molecular weight is 692 g/mol. The fourth-order valence-corrected chi connectivity index (χ4v) is 5.99. The number of benzene rings is 4. The first kappa shape index (κ1) is 33.4. The largest absolute Gasteiger partial charge is 0.459 e. The molecule has 0 saturated carbocycles. The highest BCUT2D eigenvalue weighted by Gasteiger charge is 2.26. The van der Waals surface area contributed by atoms with Crippen LogP contribution in [0.15, 0.2) is 124 Å². The lowest BCUT2D eigenvalue weighted by Crippen LogP contribution is -2.32. The molecule has 0 bridgehead atoms. The molecule has 0 aliphatic rings. The van der Waals surface area contributed by atoms with Crippen LogP contribution in [0.3, 0.4) is 0 Å². The highest BCUT2D eigenvalue weighted by Crippen LogP contribution is 2.27. The Kier molecular flexibility index (Phi) is 10.7. The Labute approximate surface area is 281 Å². The van der Waals surface area contributed by atoms with Gasteiger partial charge in [-0.3, -0.25) is 9.59 Å². The quantitative estimate of drug-likeness (QED) is 0.0859. The van der Waals surface area contributed by atoms with Gasteiger partial charge >= 0.3 is 11.8 Å². The number of hydrogen-bond donors (Lipinski definition) is 2. The number of carbonyl (C=O) groups is 2. The zero-order chi connectivity index (χ0) is 33.4. The van der Waals surface area contributed by atoms with Gasteiger partial charge in [0, 0.05) is 12.2 Å². The van der Waals surface area contributed by atoms with Crippen molar-refractivity contribution < 1.29 is 27.2 Å². The number of carbonyl (C=O) groups excluding carboxylic acids is 2. The number of nitrogens with one attached hydrogen (secondary N) is 2. The number of rotatable bonds is 11. The number of aryl methyl sites for hydroxylation is 1. The standard InChI is InChI=1S/C34H28Cl2N4O6S/c1-23-7-16-30(17-8-23)47(43,44)40(21-24-9-18-31(35)32(36)19-24)22-29-15-14-28(46-29)20-37-39-34(42)33(41)38-25-10-12-27(13-11-25)45-26-5-3-2-4-6-26/h2-20H,21-22H2,1H3,(H,38,41)(H,39,42)/b37-20+. The molecular formula is C34H28Cl2N4O6S. The number of halogens is 2. The minimum absolute atomic E-state index is 0.00876. The van der Waals surface area contributed by atoms with Gasteiger partial charge in [-0.2, -0.15) is 9.41 Å². The van der Waals surface area contributed by atoms with Gasteiger partial charge in [0.05, 0.1) is 27.7 Å². The van der Waals surface area contributed by atoms with Gasteiger partial charge in [0.1, 0.15) is 23.0 Å². The van der Waals surface area contributed by atoms with Gasteiger partial charge in [-0.15, -0.1) is 0 Å². The van der Waals surface area contributed by atoms with Crippen molar-refractivity contribution in [3.63, 3.8) is 0 Å². The van der Waals surface area contributed by atoms with Crippen LogP contribution < -0.4 is 15.5 Å². The van der Waals surface area contributed by atoms with E-state index < -0.39 is 21.8 Å². The highest BCUT2D eigenvalue weighted by atomic mass is 35.5. The van der Waals surface area contributed by atoms with Crippen LogP contribution in [-0.2, 0) is 32.7 Å². The van der Waals surface area contributed by atoms with E-state index in [9.17, 15) is 18.0 Å². The van der Waals surface area contributed by atoms with Crippen LogP contribution in [0, 0.1) is 6.92 Å². The lowest BCUT2D eigenvalue weighted by molar-refractivity contribution is -0.136. The molecule has 5 aromatic rings. The van der Waals surface area contributed by atoms with E-state index in [1.165, 1.54) is 10.5 Å². The lowest BCUT2D eigenvalue weighted by Gasteiger charge is -2.22. The highest BCUT2D eigenvalue weighted by molar-refractivity contribution is 7.89. The predicted molar refractivity (Wildman–Crippen MR) is 180 cm³/mol.